The van der Waals surface area contributed by atoms with E-state index in [9.17, 15) is 14.6 Å². The highest BCUT2D eigenvalue weighted by Gasteiger charge is 2.32. The molecule has 2 rings (SSSR count). The minimum atomic E-state index is -0.973. The van der Waals surface area contributed by atoms with Crippen molar-refractivity contribution in [2.45, 2.75) is 11.8 Å². The SMILES string of the molecule is OCC(CO)(Cc1ccc(Cl)c(Cl)c1)c1cccc(F)c1. The summed E-state index contributed by atoms with van der Waals surface area (Å²) in [6.45, 7) is -0.625. The Hall–Kier alpha value is -1.13. The summed E-state index contributed by atoms with van der Waals surface area (Å²) in [5.41, 5.74) is 0.370. The largest absolute Gasteiger partial charge is 0.395 e. The Bertz CT molecular complexity index is 627. The van der Waals surface area contributed by atoms with E-state index >= 15 is 0 Å². The predicted octanol–water partition coefficient (Wildman–Crippen LogP) is 3.60. The van der Waals surface area contributed by atoms with Gasteiger partial charge in [0.25, 0.3) is 0 Å². The molecule has 0 spiro atoms. The summed E-state index contributed by atoms with van der Waals surface area (Å²) in [4.78, 5) is 0. The first kappa shape index (κ1) is 16.2. The monoisotopic (exact) mass is 328 g/mol. The smallest absolute Gasteiger partial charge is 0.123 e. The summed E-state index contributed by atoms with van der Waals surface area (Å²) < 4.78 is 13.4. The summed E-state index contributed by atoms with van der Waals surface area (Å²) in [7, 11) is 0. The maximum absolute atomic E-state index is 13.4. The number of halogens is 3. The van der Waals surface area contributed by atoms with Crippen molar-refractivity contribution in [3.63, 3.8) is 0 Å². The second kappa shape index (κ2) is 6.75. The number of aliphatic hydroxyl groups excluding tert-OH is 2. The molecule has 0 atom stereocenters. The van der Waals surface area contributed by atoms with E-state index in [4.69, 9.17) is 23.2 Å². The third-order valence-corrected chi connectivity index (χ3v) is 4.31. The highest BCUT2D eigenvalue weighted by atomic mass is 35.5. The normalized spacial score (nSPS) is 11.7. The van der Waals surface area contributed by atoms with E-state index in [2.05, 4.69) is 0 Å². The lowest BCUT2D eigenvalue weighted by atomic mass is 9.77. The van der Waals surface area contributed by atoms with Gasteiger partial charge in [0.15, 0.2) is 0 Å². The summed E-state index contributed by atoms with van der Waals surface area (Å²) in [6, 6.07) is 11.0. The van der Waals surface area contributed by atoms with Crippen LogP contribution in [-0.2, 0) is 11.8 Å². The van der Waals surface area contributed by atoms with Crippen LogP contribution in [0.1, 0.15) is 11.1 Å². The maximum atomic E-state index is 13.4. The number of aliphatic hydroxyl groups is 2. The van der Waals surface area contributed by atoms with Crippen molar-refractivity contribution in [2.24, 2.45) is 0 Å². The minimum Gasteiger partial charge on any atom is -0.395 e. The zero-order valence-corrected chi connectivity index (χ0v) is 12.7. The Balaban J connectivity index is 2.40. The first-order chi connectivity index (χ1) is 10.0. The van der Waals surface area contributed by atoms with Gasteiger partial charge in [0.2, 0.25) is 0 Å². The van der Waals surface area contributed by atoms with E-state index in [-0.39, 0.29) is 13.2 Å². The van der Waals surface area contributed by atoms with Crippen LogP contribution in [0.15, 0.2) is 42.5 Å². The number of rotatable bonds is 5. The average Bonchev–Trinajstić information content (AvgIpc) is 2.48. The summed E-state index contributed by atoms with van der Waals surface area (Å²) in [6.07, 6.45) is 0.320. The van der Waals surface area contributed by atoms with Crippen molar-refractivity contribution in [3.8, 4) is 0 Å². The molecule has 0 saturated heterocycles. The lowest BCUT2D eigenvalue weighted by Crippen LogP contribution is -2.37. The molecule has 0 fully saturated rings. The van der Waals surface area contributed by atoms with E-state index in [1.54, 1.807) is 30.3 Å². The molecule has 0 aliphatic rings. The lowest BCUT2D eigenvalue weighted by molar-refractivity contribution is 0.116. The fraction of sp³-hybridized carbons (Fsp3) is 0.250. The van der Waals surface area contributed by atoms with Crippen LogP contribution in [0.5, 0.6) is 0 Å². The molecule has 0 bridgehead atoms. The Morgan fingerprint density at radius 3 is 2.24 bits per heavy atom. The van der Waals surface area contributed by atoms with Gasteiger partial charge in [0.1, 0.15) is 5.82 Å². The molecule has 0 radical (unpaired) electrons. The van der Waals surface area contributed by atoms with Crippen LogP contribution in [0.3, 0.4) is 0 Å². The van der Waals surface area contributed by atoms with Gasteiger partial charge in [-0.2, -0.15) is 0 Å². The molecule has 2 aromatic rings. The van der Waals surface area contributed by atoms with Crippen molar-refractivity contribution in [1.29, 1.82) is 0 Å². The van der Waals surface area contributed by atoms with Crippen LogP contribution in [0, 0.1) is 5.82 Å². The number of hydrogen-bond acceptors (Lipinski definition) is 2. The fourth-order valence-corrected chi connectivity index (χ4v) is 2.63. The zero-order valence-electron chi connectivity index (χ0n) is 11.2. The van der Waals surface area contributed by atoms with Gasteiger partial charge >= 0.3 is 0 Å². The molecule has 0 saturated carbocycles. The topological polar surface area (TPSA) is 40.5 Å². The second-order valence-corrected chi connectivity index (χ2v) is 5.85. The molecular weight excluding hydrogens is 314 g/mol. The molecule has 5 heteroatoms. The van der Waals surface area contributed by atoms with E-state index in [1.165, 1.54) is 12.1 Å². The molecule has 0 aromatic heterocycles. The standard InChI is InChI=1S/C16H15Cl2FO2/c17-14-5-4-11(6-15(14)18)8-16(9-20,10-21)12-2-1-3-13(19)7-12/h1-7,20-21H,8-10H2. The van der Waals surface area contributed by atoms with E-state index < -0.39 is 11.2 Å². The molecule has 2 N–H and O–H groups in total. The van der Waals surface area contributed by atoms with Gasteiger partial charge < -0.3 is 10.2 Å². The second-order valence-electron chi connectivity index (χ2n) is 5.03. The van der Waals surface area contributed by atoms with Crippen LogP contribution in [0.4, 0.5) is 4.39 Å². The third kappa shape index (κ3) is 3.55. The van der Waals surface area contributed by atoms with Gasteiger partial charge in [-0.15, -0.1) is 0 Å². The van der Waals surface area contributed by atoms with Crippen LogP contribution in [-0.4, -0.2) is 23.4 Å². The van der Waals surface area contributed by atoms with Gasteiger partial charge in [-0.1, -0.05) is 41.4 Å². The molecule has 0 amide bonds. The zero-order chi connectivity index (χ0) is 15.5. The molecule has 2 aromatic carbocycles. The Kier molecular flexibility index (Phi) is 5.22. The first-order valence-electron chi connectivity index (χ1n) is 6.42. The average molecular weight is 329 g/mol. The van der Waals surface area contributed by atoms with Crippen molar-refractivity contribution in [1.82, 2.24) is 0 Å². The van der Waals surface area contributed by atoms with Gasteiger partial charge in [0, 0.05) is 5.41 Å². The van der Waals surface area contributed by atoms with E-state index in [0.29, 0.717) is 22.0 Å². The molecule has 112 valence electrons. The van der Waals surface area contributed by atoms with Gasteiger partial charge in [-0.05, 0) is 41.8 Å². The van der Waals surface area contributed by atoms with Gasteiger partial charge in [-0.3, -0.25) is 0 Å². The summed E-state index contributed by atoms with van der Waals surface area (Å²) in [5.74, 6) is -0.409. The Morgan fingerprint density at radius 1 is 0.952 bits per heavy atom. The Labute approximate surface area is 132 Å². The van der Waals surface area contributed by atoms with Crippen LogP contribution in [0.25, 0.3) is 0 Å². The lowest BCUT2D eigenvalue weighted by Gasteiger charge is -2.30. The molecule has 21 heavy (non-hydrogen) atoms. The number of benzene rings is 2. The Morgan fingerprint density at radius 2 is 1.67 bits per heavy atom. The first-order valence-corrected chi connectivity index (χ1v) is 7.18. The quantitative estimate of drug-likeness (QED) is 0.880. The summed E-state index contributed by atoms with van der Waals surface area (Å²) in [5, 5.41) is 20.4. The van der Waals surface area contributed by atoms with Crippen molar-refractivity contribution in [2.75, 3.05) is 13.2 Å². The van der Waals surface area contributed by atoms with Gasteiger partial charge in [0.05, 0.1) is 23.3 Å². The highest BCUT2D eigenvalue weighted by Crippen LogP contribution is 2.31. The van der Waals surface area contributed by atoms with Crippen molar-refractivity contribution >= 4 is 23.2 Å². The molecule has 0 aliphatic carbocycles. The fourth-order valence-electron chi connectivity index (χ4n) is 2.31. The maximum Gasteiger partial charge on any atom is 0.123 e. The third-order valence-electron chi connectivity index (χ3n) is 3.57. The molecule has 0 unspecified atom stereocenters. The molecule has 2 nitrogen and oxygen atoms in total. The predicted molar refractivity (Wildman–Crippen MR) is 82.4 cm³/mol. The number of hydrogen-bond donors (Lipinski definition) is 2. The van der Waals surface area contributed by atoms with E-state index in [1.807, 2.05) is 0 Å². The minimum absolute atomic E-state index is 0.312. The van der Waals surface area contributed by atoms with Gasteiger partial charge in [-0.25, -0.2) is 4.39 Å². The molecule has 0 aliphatic heterocycles. The highest BCUT2D eigenvalue weighted by molar-refractivity contribution is 6.42. The van der Waals surface area contributed by atoms with E-state index in [0.717, 1.165) is 5.56 Å². The van der Waals surface area contributed by atoms with Crippen LogP contribution >= 0.6 is 23.2 Å². The van der Waals surface area contributed by atoms with Crippen LogP contribution < -0.4 is 0 Å². The van der Waals surface area contributed by atoms with Crippen LogP contribution in [0.2, 0.25) is 10.0 Å². The van der Waals surface area contributed by atoms with Crippen molar-refractivity contribution < 1.29 is 14.6 Å². The van der Waals surface area contributed by atoms with Crippen molar-refractivity contribution in [3.05, 3.63) is 69.5 Å². The summed E-state index contributed by atoms with van der Waals surface area (Å²) >= 11 is 11.9. The molecular formula is C16H15Cl2FO2. The molecule has 0 heterocycles.